The summed E-state index contributed by atoms with van der Waals surface area (Å²) in [7, 11) is 0. The van der Waals surface area contributed by atoms with Crippen LogP contribution in [-0.2, 0) is 11.3 Å². The van der Waals surface area contributed by atoms with Crippen molar-refractivity contribution in [2.45, 2.75) is 50.2 Å². The third-order valence-electron chi connectivity index (χ3n) is 6.40. The van der Waals surface area contributed by atoms with Crippen molar-refractivity contribution in [3.8, 4) is 0 Å². The van der Waals surface area contributed by atoms with E-state index in [2.05, 4.69) is 4.98 Å². The molecule has 0 spiro atoms. The van der Waals surface area contributed by atoms with Crippen LogP contribution < -0.4 is 5.56 Å². The third kappa shape index (κ3) is 3.22. The highest BCUT2D eigenvalue weighted by Crippen LogP contribution is 2.43. The maximum atomic E-state index is 13.2. The zero-order valence-electron chi connectivity index (χ0n) is 16.0. The Morgan fingerprint density at radius 2 is 1.72 bits per heavy atom. The molecule has 6 heteroatoms. The maximum Gasteiger partial charge on any atom is 0.261 e. The number of rotatable bonds is 3. The Bertz CT molecular complexity index is 1110. The van der Waals surface area contributed by atoms with Gasteiger partial charge in [-0.15, -0.1) is 0 Å². The lowest BCUT2D eigenvalue weighted by Crippen LogP contribution is -2.48. The van der Waals surface area contributed by atoms with Gasteiger partial charge in [-0.25, -0.2) is 9.37 Å². The first-order valence-electron chi connectivity index (χ1n) is 10.1. The highest BCUT2D eigenvalue weighted by molar-refractivity contribution is 5.79. The zero-order chi connectivity index (χ0) is 20.0. The van der Waals surface area contributed by atoms with Crippen molar-refractivity contribution in [2.75, 3.05) is 0 Å². The van der Waals surface area contributed by atoms with Crippen molar-refractivity contribution < 1.29 is 9.18 Å². The highest BCUT2D eigenvalue weighted by atomic mass is 19.1. The van der Waals surface area contributed by atoms with Crippen LogP contribution in [0.5, 0.6) is 0 Å². The van der Waals surface area contributed by atoms with Gasteiger partial charge in [-0.05, 0) is 61.4 Å². The molecule has 0 N–H and O–H groups in total. The summed E-state index contributed by atoms with van der Waals surface area (Å²) >= 11 is 0. The number of halogens is 1. The van der Waals surface area contributed by atoms with Crippen molar-refractivity contribution in [3.63, 3.8) is 0 Å². The molecule has 148 valence electrons. The number of hydrogen-bond donors (Lipinski definition) is 0. The molecule has 0 saturated carbocycles. The molecule has 0 aliphatic carbocycles. The number of para-hydroxylation sites is 1. The van der Waals surface area contributed by atoms with Crippen LogP contribution in [0.25, 0.3) is 10.9 Å². The van der Waals surface area contributed by atoms with E-state index in [0.29, 0.717) is 16.8 Å². The molecule has 2 aliphatic heterocycles. The molecule has 2 atom stereocenters. The molecule has 2 saturated heterocycles. The predicted molar refractivity (Wildman–Crippen MR) is 108 cm³/mol. The van der Waals surface area contributed by atoms with Crippen LogP contribution in [0, 0.1) is 5.82 Å². The summed E-state index contributed by atoms with van der Waals surface area (Å²) < 4.78 is 14.7. The molecule has 1 aromatic heterocycles. The van der Waals surface area contributed by atoms with Gasteiger partial charge in [-0.3, -0.25) is 14.2 Å². The second-order valence-electron chi connectivity index (χ2n) is 8.10. The minimum Gasteiger partial charge on any atom is -0.335 e. The van der Waals surface area contributed by atoms with Crippen LogP contribution in [0.2, 0.25) is 0 Å². The van der Waals surface area contributed by atoms with Gasteiger partial charge in [-0.1, -0.05) is 24.3 Å². The molecule has 0 radical (unpaired) electrons. The Morgan fingerprint density at radius 3 is 2.45 bits per heavy atom. The Kier molecular flexibility index (Phi) is 4.42. The summed E-state index contributed by atoms with van der Waals surface area (Å²) in [5.41, 5.74) is 1.60. The second kappa shape index (κ2) is 7.10. The van der Waals surface area contributed by atoms with E-state index < -0.39 is 0 Å². The van der Waals surface area contributed by atoms with Gasteiger partial charge >= 0.3 is 0 Å². The molecule has 0 unspecified atom stereocenters. The van der Waals surface area contributed by atoms with E-state index >= 15 is 0 Å². The van der Waals surface area contributed by atoms with Crippen LogP contribution in [0.1, 0.15) is 37.2 Å². The summed E-state index contributed by atoms with van der Waals surface area (Å²) in [6, 6.07) is 14.3. The summed E-state index contributed by atoms with van der Waals surface area (Å²) in [5.74, 6) is 0.107. The molecule has 2 fully saturated rings. The smallest absolute Gasteiger partial charge is 0.261 e. The lowest BCUT2D eigenvalue weighted by molar-refractivity contribution is -0.136. The van der Waals surface area contributed by atoms with Crippen LogP contribution in [0.15, 0.2) is 59.7 Å². The van der Waals surface area contributed by atoms with Crippen LogP contribution in [-0.4, -0.2) is 32.4 Å². The van der Waals surface area contributed by atoms with E-state index in [4.69, 9.17) is 0 Å². The molecule has 2 aliphatic rings. The normalized spacial score (nSPS) is 23.5. The van der Waals surface area contributed by atoms with E-state index in [-0.39, 0.29) is 35.9 Å². The average Bonchev–Trinajstić information content (AvgIpc) is 3.00. The predicted octanol–water partition coefficient (Wildman–Crippen LogP) is 3.47. The fraction of sp³-hybridized carbons (Fsp3) is 0.348. The van der Waals surface area contributed by atoms with Crippen LogP contribution in [0.4, 0.5) is 4.39 Å². The van der Waals surface area contributed by atoms with Gasteiger partial charge in [0.25, 0.3) is 5.56 Å². The number of nitrogens with zero attached hydrogens (tertiary/aromatic N) is 3. The fourth-order valence-corrected chi connectivity index (χ4v) is 5.04. The van der Waals surface area contributed by atoms with Crippen molar-refractivity contribution in [2.24, 2.45) is 0 Å². The van der Waals surface area contributed by atoms with Crippen molar-refractivity contribution in [1.82, 2.24) is 14.5 Å². The molecule has 5 nitrogen and oxygen atoms in total. The van der Waals surface area contributed by atoms with Gasteiger partial charge in [0.15, 0.2) is 0 Å². The van der Waals surface area contributed by atoms with Gasteiger partial charge in [-0.2, -0.15) is 0 Å². The molecule has 1 amide bonds. The Balaban J connectivity index is 1.35. The lowest BCUT2D eigenvalue weighted by Gasteiger charge is -2.39. The quantitative estimate of drug-likeness (QED) is 0.687. The Morgan fingerprint density at radius 1 is 1.03 bits per heavy atom. The van der Waals surface area contributed by atoms with E-state index in [1.165, 1.54) is 23.0 Å². The first-order chi connectivity index (χ1) is 14.1. The molecule has 3 heterocycles. The maximum absolute atomic E-state index is 13.2. The molecular weight excluding hydrogens is 369 g/mol. The average molecular weight is 391 g/mol. The number of hydrogen-bond acceptors (Lipinski definition) is 3. The highest BCUT2D eigenvalue weighted by Gasteiger charge is 2.43. The summed E-state index contributed by atoms with van der Waals surface area (Å²) in [6.07, 6.45) is 5.21. The number of benzene rings is 2. The Hall–Kier alpha value is -3.02. The first-order valence-corrected chi connectivity index (χ1v) is 10.1. The van der Waals surface area contributed by atoms with E-state index in [1.54, 1.807) is 18.2 Å². The summed E-state index contributed by atoms with van der Waals surface area (Å²) in [4.78, 5) is 32.1. The second-order valence-corrected chi connectivity index (χ2v) is 8.10. The number of amides is 1. The Labute approximate surface area is 167 Å². The van der Waals surface area contributed by atoms with Crippen molar-refractivity contribution in [1.29, 1.82) is 0 Å². The van der Waals surface area contributed by atoms with Gasteiger partial charge < -0.3 is 4.90 Å². The monoisotopic (exact) mass is 391 g/mol. The number of carbonyl (C=O) groups excluding carboxylic acids is 1. The summed E-state index contributed by atoms with van der Waals surface area (Å²) in [6.45, 7) is 0.0187. The molecule has 2 bridgehead atoms. The minimum atomic E-state index is -0.223. The standard InChI is InChI=1S/C23H22FN3O2/c24-17-7-5-15(6-8-17)16-11-18-9-10-19(12-16)27(18)22(28)13-26-14-25-21-4-2-1-3-20(21)23(26)29/h1-8,14,16,18-19H,9-13H2/t18-,19-/m0/s1. The lowest BCUT2D eigenvalue weighted by atomic mass is 9.85. The summed E-state index contributed by atoms with van der Waals surface area (Å²) in [5, 5.41) is 0.529. The van der Waals surface area contributed by atoms with E-state index in [0.717, 1.165) is 31.2 Å². The first kappa shape index (κ1) is 18.0. The van der Waals surface area contributed by atoms with Gasteiger partial charge in [0.1, 0.15) is 12.4 Å². The van der Waals surface area contributed by atoms with E-state index in [9.17, 15) is 14.0 Å². The van der Waals surface area contributed by atoms with Crippen molar-refractivity contribution in [3.05, 3.63) is 76.6 Å². The van der Waals surface area contributed by atoms with Gasteiger partial charge in [0.05, 0.1) is 17.2 Å². The molecule has 3 aromatic rings. The van der Waals surface area contributed by atoms with Crippen LogP contribution >= 0.6 is 0 Å². The molecule has 29 heavy (non-hydrogen) atoms. The van der Waals surface area contributed by atoms with E-state index in [1.807, 2.05) is 23.1 Å². The minimum absolute atomic E-state index is 0.0187. The number of carbonyl (C=O) groups is 1. The van der Waals surface area contributed by atoms with Crippen molar-refractivity contribution >= 4 is 16.8 Å². The number of aromatic nitrogens is 2. The topological polar surface area (TPSA) is 55.2 Å². The molecule has 5 rings (SSSR count). The fourth-order valence-electron chi connectivity index (χ4n) is 5.04. The zero-order valence-corrected chi connectivity index (χ0v) is 16.0. The number of fused-ring (bicyclic) bond motifs is 3. The van der Waals surface area contributed by atoms with Gasteiger partial charge in [0, 0.05) is 12.1 Å². The van der Waals surface area contributed by atoms with Gasteiger partial charge in [0.2, 0.25) is 5.91 Å². The third-order valence-corrected chi connectivity index (χ3v) is 6.40. The molecular formula is C23H22FN3O2. The largest absolute Gasteiger partial charge is 0.335 e. The number of piperidine rings is 1. The molecule has 2 aromatic carbocycles. The SMILES string of the molecule is O=C(Cn1cnc2ccccc2c1=O)N1[C@H]2CC[C@H]1CC(c1ccc(F)cc1)C2. The van der Waals surface area contributed by atoms with Crippen LogP contribution in [0.3, 0.4) is 0 Å².